The van der Waals surface area contributed by atoms with Gasteiger partial charge in [0.2, 0.25) is 0 Å². The number of aryl methyl sites for hydroxylation is 1. The van der Waals surface area contributed by atoms with Crippen LogP contribution in [0.2, 0.25) is 0 Å². The van der Waals surface area contributed by atoms with E-state index in [0.717, 1.165) is 12.3 Å². The molecule has 2 N–H and O–H groups in total. The number of thiophene rings is 2. The summed E-state index contributed by atoms with van der Waals surface area (Å²) >= 11 is 3.73. The molecule has 0 aliphatic carbocycles. The zero-order valence-electron chi connectivity index (χ0n) is 18.4. The van der Waals surface area contributed by atoms with Crippen molar-refractivity contribution in [2.24, 2.45) is 9.98 Å². The van der Waals surface area contributed by atoms with Crippen LogP contribution in [0.25, 0.3) is 11.1 Å². The van der Waals surface area contributed by atoms with Gasteiger partial charge in [-0.25, -0.2) is 9.98 Å². The normalized spacial score (nSPS) is 19.5. The van der Waals surface area contributed by atoms with Crippen LogP contribution in [0.1, 0.15) is 42.7 Å². The summed E-state index contributed by atoms with van der Waals surface area (Å²) in [5.74, 6) is 1.02. The predicted octanol–water partition coefficient (Wildman–Crippen LogP) is 6.39. The minimum Gasteiger partial charge on any atom is -0.365 e. The van der Waals surface area contributed by atoms with Gasteiger partial charge in [-0.15, -0.1) is 22.7 Å². The van der Waals surface area contributed by atoms with E-state index in [2.05, 4.69) is 89.9 Å². The Bertz CT molecular complexity index is 1240. The molecule has 2 atom stereocenters. The summed E-state index contributed by atoms with van der Waals surface area (Å²) in [6.45, 7) is 6.61. The summed E-state index contributed by atoms with van der Waals surface area (Å²) in [6.07, 6.45) is 10.7. The van der Waals surface area contributed by atoms with E-state index < -0.39 is 0 Å². The molecule has 5 rings (SSSR count). The van der Waals surface area contributed by atoms with E-state index in [9.17, 15) is 0 Å². The van der Waals surface area contributed by atoms with Crippen LogP contribution >= 0.6 is 22.7 Å². The molecule has 0 bridgehead atoms. The van der Waals surface area contributed by atoms with Crippen molar-refractivity contribution < 1.29 is 0 Å². The van der Waals surface area contributed by atoms with E-state index in [-0.39, 0.29) is 12.1 Å². The van der Waals surface area contributed by atoms with Gasteiger partial charge in [-0.3, -0.25) is 0 Å². The van der Waals surface area contributed by atoms with Gasteiger partial charge in [-0.2, -0.15) is 0 Å². The summed E-state index contributed by atoms with van der Waals surface area (Å²) < 4.78 is 0. The fourth-order valence-corrected chi connectivity index (χ4v) is 6.59. The molecule has 2 aliphatic rings. The second-order valence-corrected chi connectivity index (χ2v) is 10.5. The second kappa shape index (κ2) is 8.88. The molecule has 0 saturated carbocycles. The van der Waals surface area contributed by atoms with Gasteiger partial charge in [-0.1, -0.05) is 30.3 Å². The Morgan fingerprint density at radius 3 is 2.50 bits per heavy atom. The maximum atomic E-state index is 4.69. The lowest BCUT2D eigenvalue weighted by molar-refractivity contribution is 0.781. The molecule has 6 heteroatoms. The van der Waals surface area contributed by atoms with Crippen LogP contribution in [0.15, 0.2) is 70.9 Å². The first-order chi connectivity index (χ1) is 15.6. The third-order valence-corrected chi connectivity index (χ3v) is 8.58. The highest BCUT2D eigenvalue weighted by Crippen LogP contribution is 2.38. The van der Waals surface area contributed by atoms with Gasteiger partial charge >= 0.3 is 0 Å². The lowest BCUT2D eigenvalue weighted by atomic mass is 10.0. The standard InChI is InChI=1S/C26H26N4S2/c1-16-13-20(19-7-5-4-6-8-19)26(31-16)22-10-12-28-24(30-22)14-23-17(2)18(3)25(32-23)21-9-11-27-15-29-21/h4-13,15,21-22H,14H2,1-3H3,(H,27,29)(H,28,30). The first-order valence-corrected chi connectivity index (χ1v) is 12.4. The Kier molecular flexibility index (Phi) is 5.81. The molecule has 0 amide bonds. The van der Waals surface area contributed by atoms with E-state index in [4.69, 9.17) is 0 Å². The molecule has 162 valence electrons. The van der Waals surface area contributed by atoms with Crippen LogP contribution in [-0.4, -0.2) is 12.2 Å². The molecule has 0 saturated heterocycles. The quantitative estimate of drug-likeness (QED) is 0.466. The monoisotopic (exact) mass is 458 g/mol. The van der Waals surface area contributed by atoms with E-state index in [0.29, 0.717) is 0 Å². The van der Waals surface area contributed by atoms with Crippen LogP contribution in [0, 0.1) is 20.8 Å². The van der Waals surface area contributed by atoms with Crippen LogP contribution in [-0.2, 0) is 6.42 Å². The number of aliphatic imine (C=N–C) groups is 2. The molecule has 1 aromatic carbocycles. The zero-order valence-corrected chi connectivity index (χ0v) is 20.1. The Hall–Kier alpha value is -2.96. The third kappa shape index (κ3) is 4.08. The van der Waals surface area contributed by atoms with Gasteiger partial charge in [0.1, 0.15) is 5.84 Å². The summed E-state index contributed by atoms with van der Waals surface area (Å²) in [5, 5.41) is 7.06. The first-order valence-electron chi connectivity index (χ1n) is 10.8. The summed E-state index contributed by atoms with van der Waals surface area (Å²) in [7, 11) is 0. The Morgan fingerprint density at radius 1 is 0.906 bits per heavy atom. The molecule has 4 nitrogen and oxygen atoms in total. The summed E-state index contributed by atoms with van der Waals surface area (Å²) in [5.41, 5.74) is 5.28. The Balaban J connectivity index is 1.38. The van der Waals surface area contributed by atoms with Gasteiger partial charge in [-0.05, 0) is 61.2 Å². The minimum atomic E-state index is 0.136. The number of benzene rings is 1. The molecule has 2 aliphatic heterocycles. The van der Waals surface area contributed by atoms with Crippen molar-refractivity contribution in [3.63, 3.8) is 0 Å². The van der Waals surface area contributed by atoms with E-state index in [1.165, 1.54) is 41.8 Å². The number of nitrogens with one attached hydrogen (secondary N) is 2. The molecule has 0 spiro atoms. The molecule has 4 heterocycles. The van der Waals surface area contributed by atoms with Crippen molar-refractivity contribution in [3.8, 4) is 11.1 Å². The maximum absolute atomic E-state index is 4.69. The van der Waals surface area contributed by atoms with Crippen molar-refractivity contribution in [2.75, 3.05) is 0 Å². The Morgan fingerprint density at radius 2 is 1.72 bits per heavy atom. The molecular weight excluding hydrogens is 432 g/mol. The predicted molar refractivity (Wildman–Crippen MR) is 138 cm³/mol. The van der Waals surface area contributed by atoms with Gasteiger partial charge in [0.15, 0.2) is 0 Å². The zero-order chi connectivity index (χ0) is 22.1. The number of nitrogens with zero attached hydrogens (tertiary/aromatic N) is 2. The highest BCUT2D eigenvalue weighted by Gasteiger charge is 2.23. The highest BCUT2D eigenvalue weighted by atomic mass is 32.1. The summed E-state index contributed by atoms with van der Waals surface area (Å²) in [6, 6.07) is 13.3. The minimum absolute atomic E-state index is 0.136. The number of hydrogen-bond donors (Lipinski definition) is 2. The van der Waals surface area contributed by atoms with Gasteiger partial charge in [0, 0.05) is 38.3 Å². The molecule has 2 unspecified atom stereocenters. The van der Waals surface area contributed by atoms with Gasteiger partial charge < -0.3 is 10.6 Å². The molecule has 0 radical (unpaired) electrons. The SMILES string of the molecule is Cc1cc(-c2ccccc2)c(C2C=CN=C(Cc3sc(C4C=CN=CN4)c(C)c3C)N2)s1. The van der Waals surface area contributed by atoms with Crippen molar-refractivity contribution >= 4 is 34.8 Å². The molecular formula is C26H26N4S2. The molecule has 0 fully saturated rings. The lowest BCUT2D eigenvalue weighted by Gasteiger charge is -2.21. The van der Waals surface area contributed by atoms with Crippen molar-refractivity contribution in [1.29, 1.82) is 0 Å². The lowest BCUT2D eigenvalue weighted by Crippen LogP contribution is -2.30. The first kappa shape index (κ1) is 20.9. The number of rotatable bonds is 5. The van der Waals surface area contributed by atoms with Crippen LogP contribution in [0.4, 0.5) is 0 Å². The molecule has 2 aromatic heterocycles. The van der Waals surface area contributed by atoms with Crippen molar-refractivity contribution in [1.82, 2.24) is 10.6 Å². The van der Waals surface area contributed by atoms with E-state index in [1.54, 1.807) is 6.34 Å². The molecule has 32 heavy (non-hydrogen) atoms. The third-order valence-electron chi connectivity index (χ3n) is 5.97. The van der Waals surface area contributed by atoms with Crippen molar-refractivity contribution in [2.45, 2.75) is 39.3 Å². The van der Waals surface area contributed by atoms with Crippen LogP contribution < -0.4 is 10.6 Å². The fraction of sp³-hybridized carbons (Fsp3) is 0.231. The van der Waals surface area contributed by atoms with Gasteiger partial charge in [0.05, 0.1) is 18.4 Å². The van der Waals surface area contributed by atoms with Crippen LogP contribution in [0.5, 0.6) is 0 Å². The average Bonchev–Trinajstić information content (AvgIpc) is 3.36. The largest absolute Gasteiger partial charge is 0.365 e. The maximum Gasteiger partial charge on any atom is 0.107 e. The second-order valence-electron chi connectivity index (χ2n) is 8.12. The Labute approximate surface area is 197 Å². The van der Waals surface area contributed by atoms with Gasteiger partial charge in [0.25, 0.3) is 0 Å². The fourth-order valence-electron chi connectivity index (χ4n) is 4.16. The highest BCUT2D eigenvalue weighted by molar-refractivity contribution is 7.13. The topological polar surface area (TPSA) is 48.8 Å². The summed E-state index contributed by atoms with van der Waals surface area (Å²) in [4.78, 5) is 14.2. The van der Waals surface area contributed by atoms with E-state index >= 15 is 0 Å². The number of hydrogen-bond acceptors (Lipinski definition) is 6. The number of amidine groups is 1. The average molecular weight is 459 g/mol. The molecule has 3 aromatic rings. The van der Waals surface area contributed by atoms with Crippen molar-refractivity contribution in [3.05, 3.63) is 91.6 Å². The van der Waals surface area contributed by atoms with E-state index in [1.807, 2.05) is 35.1 Å². The smallest absolute Gasteiger partial charge is 0.107 e. The van der Waals surface area contributed by atoms with Crippen LogP contribution in [0.3, 0.4) is 0 Å².